The molecule has 0 radical (unpaired) electrons. The monoisotopic (exact) mass is 228 g/mol. The Morgan fingerprint density at radius 3 is 2.75 bits per heavy atom. The van der Waals surface area contributed by atoms with Crippen molar-refractivity contribution in [1.82, 2.24) is 0 Å². The summed E-state index contributed by atoms with van der Waals surface area (Å²) in [5.41, 5.74) is 0. The van der Waals surface area contributed by atoms with E-state index >= 15 is 0 Å². The van der Waals surface area contributed by atoms with Gasteiger partial charge in [0.05, 0.1) is 12.2 Å². The number of alkyl halides is 1. The SMILES string of the molecule is O[C@H]1CCO[C@H]1CI. The quantitative estimate of drug-likeness (QED) is 0.525. The van der Waals surface area contributed by atoms with E-state index in [1.54, 1.807) is 0 Å². The fourth-order valence-corrected chi connectivity index (χ4v) is 1.63. The summed E-state index contributed by atoms with van der Waals surface area (Å²) < 4.78 is 6.06. The molecule has 2 nitrogen and oxygen atoms in total. The Balaban J connectivity index is 2.30. The molecule has 0 saturated carbocycles. The Hall–Kier alpha value is 0.650. The summed E-state index contributed by atoms with van der Waals surface area (Å²) >= 11 is 2.22. The topological polar surface area (TPSA) is 29.5 Å². The summed E-state index contributed by atoms with van der Waals surface area (Å²) in [6.45, 7) is 0.731. The van der Waals surface area contributed by atoms with Crippen molar-refractivity contribution >= 4 is 22.6 Å². The van der Waals surface area contributed by atoms with E-state index in [1.165, 1.54) is 0 Å². The first-order valence-electron chi connectivity index (χ1n) is 2.70. The zero-order valence-electron chi connectivity index (χ0n) is 4.51. The first-order chi connectivity index (χ1) is 3.84. The van der Waals surface area contributed by atoms with Crippen LogP contribution in [-0.4, -0.2) is 28.3 Å². The zero-order chi connectivity index (χ0) is 5.98. The van der Waals surface area contributed by atoms with Crippen LogP contribution in [0.15, 0.2) is 0 Å². The van der Waals surface area contributed by atoms with Crippen LogP contribution >= 0.6 is 22.6 Å². The number of ether oxygens (including phenoxy) is 1. The maximum atomic E-state index is 9.06. The Kier molecular flexibility index (Phi) is 2.52. The van der Waals surface area contributed by atoms with Gasteiger partial charge in [-0.2, -0.15) is 0 Å². The molecule has 8 heavy (non-hydrogen) atoms. The normalized spacial score (nSPS) is 38.2. The fraction of sp³-hybridized carbons (Fsp3) is 1.00. The first-order valence-corrected chi connectivity index (χ1v) is 4.23. The molecule has 0 unspecified atom stereocenters. The largest absolute Gasteiger partial charge is 0.390 e. The summed E-state index contributed by atoms with van der Waals surface area (Å²) in [6, 6.07) is 0. The molecule has 3 heteroatoms. The summed E-state index contributed by atoms with van der Waals surface area (Å²) in [5, 5.41) is 9.06. The molecule has 1 N–H and O–H groups in total. The number of halogens is 1. The molecule has 0 amide bonds. The number of aliphatic hydroxyl groups excluding tert-OH is 1. The van der Waals surface area contributed by atoms with Crippen molar-refractivity contribution < 1.29 is 9.84 Å². The molecule has 1 fully saturated rings. The van der Waals surface area contributed by atoms with Crippen molar-refractivity contribution in [3.8, 4) is 0 Å². The van der Waals surface area contributed by atoms with E-state index in [0.29, 0.717) is 0 Å². The fourth-order valence-electron chi connectivity index (χ4n) is 0.785. The minimum Gasteiger partial charge on any atom is -0.390 e. The highest BCUT2D eigenvalue weighted by Crippen LogP contribution is 2.14. The smallest absolute Gasteiger partial charge is 0.0923 e. The number of hydrogen-bond donors (Lipinski definition) is 1. The number of aliphatic hydroxyl groups is 1. The number of rotatable bonds is 1. The van der Waals surface area contributed by atoms with Gasteiger partial charge < -0.3 is 9.84 Å². The van der Waals surface area contributed by atoms with Crippen LogP contribution in [0.4, 0.5) is 0 Å². The van der Waals surface area contributed by atoms with Crippen molar-refractivity contribution in [1.29, 1.82) is 0 Å². The summed E-state index contributed by atoms with van der Waals surface area (Å²) in [7, 11) is 0. The van der Waals surface area contributed by atoms with Crippen molar-refractivity contribution in [2.45, 2.75) is 18.6 Å². The molecule has 0 aromatic heterocycles. The first kappa shape index (κ1) is 6.77. The molecule has 0 aliphatic carbocycles. The number of hydrogen-bond acceptors (Lipinski definition) is 2. The van der Waals surface area contributed by atoms with Gasteiger partial charge in [0.2, 0.25) is 0 Å². The van der Waals surface area contributed by atoms with E-state index in [-0.39, 0.29) is 12.2 Å². The average Bonchev–Trinajstić information content (AvgIpc) is 2.14. The zero-order valence-corrected chi connectivity index (χ0v) is 6.67. The van der Waals surface area contributed by atoms with Crippen LogP contribution in [0.5, 0.6) is 0 Å². The second-order valence-electron chi connectivity index (χ2n) is 1.92. The third kappa shape index (κ3) is 1.33. The third-order valence-electron chi connectivity index (χ3n) is 1.33. The van der Waals surface area contributed by atoms with Gasteiger partial charge in [-0.1, -0.05) is 22.6 Å². The minimum atomic E-state index is -0.202. The van der Waals surface area contributed by atoms with Crippen LogP contribution in [-0.2, 0) is 4.74 Å². The van der Waals surface area contributed by atoms with Gasteiger partial charge in [0.15, 0.2) is 0 Å². The van der Waals surface area contributed by atoms with E-state index in [9.17, 15) is 0 Å². The predicted molar refractivity (Wildman–Crippen MR) is 39.3 cm³/mol. The van der Waals surface area contributed by atoms with Crippen LogP contribution in [0.1, 0.15) is 6.42 Å². The highest BCUT2D eigenvalue weighted by molar-refractivity contribution is 14.1. The molecule has 1 saturated heterocycles. The maximum absolute atomic E-state index is 9.06. The van der Waals surface area contributed by atoms with Gasteiger partial charge >= 0.3 is 0 Å². The Bertz CT molecular complexity index is 76.8. The molecule has 1 heterocycles. The Labute approximate surface area is 62.4 Å². The molecule has 0 aromatic rings. The lowest BCUT2D eigenvalue weighted by molar-refractivity contribution is 0.0608. The summed E-state index contributed by atoms with van der Waals surface area (Å²) in [6.07, 6.45) is 0.718. The van der Waals surface area contributed by atoms with E-state index in [2.05, 4.69) is 22.6 Å². The van der Waals surface area contributed by atoms with E-state index < -0.39 is 0 Å². The molecule has 0 aromatic carbocycles. The lowest BCUT2D eigenvalue weighted by Crippen LogP contribution is -2.21. The second-order valence-corrected chi connectivity index (χ2v) is 2.80. The molecular weight excluding hydrogens is 219 g/mol. The molecule has 1 aliphatic rings. The molecule has 48 valence electrons. The van der Waals surface area contributed by atoms with Crippen LogP contribution in [0.25, 0.3) is 0 Å². The summed E-state index contributed by atoms with van der Waals surface area (Å²) in [4.78, 5) is 0. The highest BCUT2D eigenvalue weighted by atomic mass is 127. The second kappa shape index (κ2) is 2.98. The molecule has 0 bridgehead atoms. The van der Waals surface area contributed by atoms with Crippen molar-refractivity contribution in [2.24, 2.45) is 0 Å². The van der Waals surface area contributed by atoms with E-state index in [4.69, 9.17) is 9.84 Å². The lowest BCUT2D eigenvalue weighted by Gasteiger charge is -2.07. The van der Waals surface area contributed by atoms with Crippen LogP contribution < -0.4 is 0 Å². The van der Waals surface area contributed by atoms with Gasteiger partial charge in [-0.3, -0.25) is 0 Å². The Morgan fingerprint density at radius 2 is 2.50 bits per heavy atom. The average molecular weight is 228 g/mol. The van der Waals surface area contributed by atoms with Gasteiger partial charge in [-0.25, -0.2) is 0 Å². The van der Waals surface area contributed by atoms with Crippen molar-refractivity contribution in [2.75, 3.05) is 11.0 Å². The Morgan fingerprint density at radius 1 is 1.75 bits per heavy atom. The van der Waals surface area contributed by atoms with Gasteiger partial charge in [-0.15, -0.1) is 0 Å². The van der Waals surface area contributed by atoms with Crippen LogP contribution in [0.3, 0.4) is 0 Å². The molecule has 1 aliphatic heterocycles. The molecular formula is C5H9IO2. The van der Waals surface area contributed by atoms with Crippen LogP contribution in [0.2, 0.25) is 0 Å². The van der Waals surface area contributed by atoms with Gasteiger partial charge in [-0.05, 0) is 6.42 Å². The molecule has 0 spiro atoms. The van der Waals surface area contributed by atoms with Crippen LogP contribution in [0, 0.1) is 0 Å². The lowest BCUT2D eigenvalue weighted by atomic mass is 10.2. The highest BCUT2D eigenvalue weighted by Gasteiger charge is 2.24. The van der Waals surface area contributed by atoms with E-state index in [1.807, 2.05) is 0 Å². The van der Waals surface area contributed by atoms with Crippen molar-refractivity contribution in [3.05, 3.63) is 0 Å². The molecule has 2 atom stereocenters. The van der Waals surface area contributed by atoms with E-state index in [0.717, 1.165) is 17.5 Å². The maximum Gasteiger partial charge on any atom is 0.0923 e. The van der Waals surface area contributed by atoms with Crippen molar-refractivity contribution in [3.63, 3.8) is 0 Å². The van der Waals surface area contributed by atoms with Gasteiger partial charge in [0.1, 0.15) is 0 Å². The summed E-state index contributed by atoms with van der Waals surface area (Å²) in [5.74, 6) is 0. The third-order valence-corrected chi connectivity index (χ3v) is 2.19. The molecule has 1 rings (SSSR count). The predicted octanol–water partition coefficient (Wildman–Crippen LogP) is 0.571. The minimum absolute atomic E-state index is 0.107. The van der Waals surface area contributed by atoms with Gasteiger partial charge in [0.25, 0.3) is 0 Å². The van der Waals surface area contributed by atoms with Gasteiger partial charge in [0, 0.05) is 11.0 Å². The standard InChI is InChI=1S/C5H9IO2/c6-3-5-4(7)1-2-8-5/h4-5,7H,1-3H2/t4-,5-/m0/s1.